The molecule has 0 aliphatic heterocycles. The van der Waals surface area contributed by atoms with Crippen molar-refractivity contribution in [2.24, 2.45) is 0 Å². The van der Waals surface area contributed by atoms with Crippen LogP contribution in [0, 0.1) is 0 Å². The fourth-order valence-electron chi connectivity index (χ4n) is 5.39. The van der Waals surface area contributed by atoms with Gasteiger partial charge in [0.25, 0.3) is 0 Å². The molecule has 0 saturated heterocycles. The average molecular weight is 488 g/mol. The van der Waals surface area contributed by atoms with Gasteiger partial charge < -0.3 is 8.83 Å². The maximum atomic E-state index is 6.07. The third-order valence-corrected chi connectivity index (χ3v) is 7.28. The lowest BCUT2D eigenvalue weighted by Crippen LogP contribution is -1.91. The topological polar surface area (TPSA) is 39.2 Å². The molecule has 0 fully saturated rings. The van der Waals surface area contributed by atoms with Crippen molar-refractivity contribution in [3.8, 4) is 33.6 Å². The number of benzene rings is 5. The van der Waals surface area contributed by atoms with E-state index < -0.39 is 0 Å². The van der Waals surface area contributed by atoms with Gasteiger partial charge in [0, 0.05) is 32.7 Å². The Hall–Kier alpha value is -5.15. The van der Waals surface area contributed by atoms with Crippen LogP contribution in [-0.2, 0) is 0 Å². The van der Waals surface area contributed by atoms with Gasteiger partial charge >= 0.3 is 0 Å². The smallest absolute Gasteiger partial charge is 0.135 e. The highest BCUT2D eigenvalue weighted by Gasteiger charge is 2.14. The maximum absolute atomic E-state index is 6.07. The zero-order valence-corrected chi connectivity index (χ0v) is 20.4. The van der Waals surface area contributed by atoms with Crippen LogP contribution < -0.4 is 0 Å². The van der Waals surface area contributed by atoms with Gasteiger partial charge in [-0.15, -0.1) is 0 Å². The van der Waals surface area contributed by atoms with Gasteiger partial charge in [-0.05, 0) is 71.8 Å². The molecule has 0 spiro atoms. The average Bonchev–Trinajstić information content (AvgIpc) is 3.55. The van der Waals surface area contributed by atoms with Crippen molar-refractivity contribution < 1.29 is 8.83 Å². The van der Waals surface area contributed by atoms with Gasteiger partial charge in [0.1, 0.15) is 22.3 Å². The Balaban J connectivity index is 1.35. The zero-order valence-electron chi connectivity index (χ0n) is 20.4. The number of hydrogen-bond acceptors (Lipinski definition) is 3. The highest BCUT2D eigenvalue weighted by Crippen LogP contribution is 2.36. The van der Waals surface area contributed by atoms with Crippen LogP contribution in [-0.4, -0.2) is 4.98 Å². The van der Waals surface area contributed by atoms with Crippen LogP contribution in [0.5, 0.6) is 0 Å². The molecule has 0 saturated carbocycles. The highest BCUT2D eigenvalue weighted by molar-refractivity contribution is 6.07. The van der Waals surface area contributed by atoms with Gasteiger partial charge in [-0.25, -0.2) is 4.98 Å². The molecule has 0 N–H and O–H groups in total. The van der Waals surface area contributed by atoms with Crippen molar-refractivity contribution in [1.29, 1.82) is 0 Å². The molecule has 3 heterocycles. The van der Waals surface area contributed by atoms with E-state index in [1.807, 2.05) is 54.6 Å². The summed E-state index contributed by atoms with van der Waals surface area (Å²) in [5.74, 6) is 0. The Labute approximate surface area is 218 Å². The lowest BCUT2D eigenvalue weighted by molar-refractivity contribution is 0.668. The van der Waals surface area contributed by atoms with E-state index in [1.54, 1.807) is 0 Å². The van der Waals surface area contributed by atoms with E-state index in [9.17, 15) is 0 Å². The zero-order chi connectivity index (χ0) is 25.1. The molecule has 0 aliphatic carbocycles. The standard InChI is InChI=1S/C35H21NO2/c1-2-8-22(9-3-1)25-20-30(23-14-16-34-28(18-23)26-10-4-6-12-32(26)37-34)36-31(21-25)24-15-17-35-29(19-24)27-11-5-7-13-33(27)38-35/h1-21H. The highest BCUT2D eigenvalue weighted by atomic mass is 16.3. The van der Waals surface area contributed by atoms with Crippen LogP contribution in [0.15, 0.2) is 136 Å². The van der Waals surface area contributed by atoms with Crippen molar-refractivity contribution in [2.45, 2.75) is 0 Å². The summed E-state index contributed by atoms with van der Waals surface area (Å²) in [7, 11) is 0. The number of fused-ring (bicyclic) bond motifs is 6. The first kappa shape index (κ1) is 21.0. The van der Waals surface area contributed by atoms with Gasteiger partial charge in [-0.1, -0.05) is 66.7 Å². The van der Waals surface area contributed by atoms with E-state index >= 15 is 0 Å². The molecule has 0 amide bonds. The van der Waals surface area contributed by atoms with Crippen LogP contribution in [0.25, 0.3) is 77.5 Å². The van der Waals surface area contributed by atoms with Crippen molar-refractivity contribution >= 4 is 43.9 Å². The molecule has 3 aromatic heterocycles. The first-order chi connectivity index (χ1) is 18.8. The monoisotopic (exact) mass is 487 g/mol. The molecule has 5 aromatic carbocycles. The summed E-state index contributed by atoms with van der Waals surface area (Å²) in [6.45, 7) is 0. The second-order valence-electron chi connectivity index (χ2n) is 9.61. The molecular weight excluding hydrogens is 466 g/mol. The summed E-state index contributed by atoms with van der Waals surface area (Å²) in [6, 6.07) is 43.8. The minimum atomic E-state index is 0.881. The molecule has 0 radical (unpaired) electrons. The summed E-state index contributed by atoms with van der Waals surface area (Å²) in [4.78, 5) is 5.18. The van der Waals surface area contributed by atoms with Crippen LogP contribution in [0.3, 0.4) is 0 Å². The largest absolute Gasteiger partial charge is 0.456 e. The van der Waals surface area contributed by atoms with E-state index in [1.165, 1.54) is 0 Å². The Morgan fingerprint density at radius 3 is 1.37 bits per heavy atom. The van der Waals surface area contributed by atoms with Crippen molar-refractivity contribution in [1.82, 2.24) is 4.98 Å². The third-order valence-electron chi connectivity index (χ3n) is 7.28. The first-order valence-corrected chi connectivity index (χ1v) is 12.7. The molecule has 0 unspecified atom stereocenters. The third kappa shape index (κ3) is 3.33. The number of hydrogen-bond donors (Lipinski definition) is 0. The summed E-state index contributed by atoms with van der Waals surface area (Å²) < 4.78 is 12.1. The van der Waals surface area contributed by atoms with Crippen LogP contribution in [0.4, 0.5) is 0 Å². The minimum Gasteiger partial charge on any atom is -0.456 e. The van der Waals surface area contributed by atoms with E-state index in [4.69, 9.17) is 13.8 Å². The number of pyridine rings is 1. The molecule has 8 rings (SSSR count). The van der Waals surface area contributed by atoms with E-state index in [0.29, 0.717) is 0 Å². The predicted molar refractivity (Wildman–Crippen MR) is 155 cm³/mol. The summed E-state index contributed by atoms with van der Waals surface area (Å²) >= 11 is 0. The number of rotatable bonds is 3. The molecule has 0 atom stereocenters. The Morgan fingerprint density at radius 2 is 0.816 bits per heavy atom. The normalized spacial score (nSPS) is 11.7. The second-order valence-corrected chi connectivity index (χ2v) is 9.61. The summed E-state index contributed by atoms with van der Waals surface area (Å²) in [5.41, 5.74) is 9.78. The van der Waals surface area contributed by atoms with Crippen molar-refractivity contribution in [3.05, 3.63) is 127 Å². The number of furan rings is 2. The van der Waals surface area contributed by atoms with Crippen molar-refractivity contribution in [2.75, 3.05) is 0 Å². The fourth-order valence-corrected chi connectivity index (χ4v) is 5.39. The van der Waals surface area contributed by atoms with Gasteiger partial charge in [0.05, 0.1) is 11.4 Å². The van der Waals surface area contributed by atoms with Crippen molar-refractivity contribution in [3.63, 3.8) is 0 Å². The van der Waals surface area contributed by atoms with E-state index in [0.717, 1.165) is 77.5 Å². The lowest BCUT2D eigenvalue weighted by atomic mass is 9.98. The molecule has 38 heavy (non-hydrogen) atoms. The lowest BCUT2D eigenvalue weighted by Gasteiger charge is -2.11. The van der Waals surface area contributed by atoms with Gasteiger partial charge in [0.15, 0.2) is 0 Å². The SMILES string of the molecule is c1ccc(-c2cc(-c3ccc4oc5ccccc5c4c3)nc(-c3ccc4oc5ccccc5c4c3)c2)cc1. The number of aromatic nitrogens is 1. The van der Waals surface area contributed by atoms with E-state index in [2.05, 4.69) is 72.8 Å². The summed E-state index contributed by atoms with van der Waals surface area (Å²) in [6.07, 6.45) is 0. The quantitative estimate of drug-likeness (QED) is 0.249. The minimum absolute atomic E-state index is 0.881. The molecule has 3 nitrogen and oxygen atoms in total. The van der Waals surface area contributed by atoms with Crippen LogP contribution in [0.2, 0.25) is 0 Å². The predicted octanol–water partition coefficient (Wildman–Crippen LogP) is 9.88. The van der Waals surface area contributed by atoms with Gasteiger partial charge in [0.2, 0.25) is 0 Å². The Bertz CT molecular complexity index is 2000. The summed E-state index contributed by atoms with van der Waals surface area (Å²) in [5, 5.41) is 4.41. The Kier molecular flexibility index (Phi) is 4.52. The Morgan fingerprint density at radius 1 is 0.342 bits per heavy atom. The molecule has 8 aromatic rings. The van der Waals surface area contributed by atoms with E-state index in [-0.39, 0.29) is 0 Å². The second kappa shape index (κ2) is 8.19. The van der Waals surface area contributed by atoms with Crippen LogP contribution >= 0.6 is 0 Å². The molecule has 0 bridgehead atoms. The maximum Gasteiger partial charge on any atom is 0.135 e. The first-order valence-electron chi connectivity index (χ1n) is 12.7. The van der Waals surface area contributed by atoms with Gasteiger partial charge in [-0.3, -0.25) is 0 Å². The molecule has 0 aliphatic rings. The molecular formula is C35H21NO2. The number of para-hydroxylation sites is 2. The van der Waals surface area contributed by atoms with Gasteiger partial charge in [-0.2, -0.15) is 0 Å². The molecule has 3 heteroatoms. The fraction of sp³-hybridized carbons (Fsp3) is 0. The van der Waals surface area contributed by atoms with Crippen LogP contribution in [0.1, 0.15) is 0 Å². The number of nitrogens with zero attached hydrogens (tertiary/aromatic N) is 1. The molecule has 178 valence electrons.